The van der Waals surface area contributed by atoms with Gasteiger partial charge >= 0.3 is 0 Å². The molecule has 2 fully saturated rings. The van der Waals surface area contributed by atoms with Gasteiger partial charge in [0.25, 0.3) is 0 Å². The van der Waals surface area contributed by atoms with Crippen LogP contribution >= 0.6 is 11.3 Å². The predicted molar refractivity (Wildman–Crippen MR) is 75.8 cm³/mol. The Morgan fingerprint density at radius 2 is 2.28 bits per heavy atom. The molecule has 0 spiro atoms. The minimum absolute atomic E-state index is 0.788. The summed E-state index contributed by atoms with van der Waals surface area (Å²) in [4.78, 5) is 8.70. The van der Waals surface area contributed by atoms with Crippen molar-refractivity contribution in [3.05, 3.63) is 16.1 Å². The zero-order valence-corrected chi connectivity index (χ0v) is 11.8. The second-order valence-corrected chi connectivity index (χ2v) is 6.70. The van der Waals surface area contributed by atoms with Gasteiger partial charge in [-0.3, -0.25) is 4.90 Å². The number of piperidine rings is 1. The molecule has 1 atom stereocenters. The van der Waals surface area contributed by atoms with E-state index in [1.54, 1.807) is 0 Å². The molecule has 1 aromatic heterocycles. The standard InChI is InChI=1S/C14H23N3S/c15-6-5-11-2-1-7-17(8-11)9-13-14(12-3-4-12)16-10-18-13/h10-12H,1-9,15H2. The van der Waals surface area contributed by atoms with Gasteiger partial charge in [-0.05, 0) is 51.1 Å². The fraction of sp³-hybridized carbons (Fsp3) is 0.786. The van der Waals surface area contributed by atoms with E-state index < -0.39 is 0 Å². The van der Waals surface area contributed by atoms with E-state index in [1.165, 1.54) is 55.8 Å². The quantitative estimate of drug-likeness (QED) is 0.890. The molecular weight excluding hydrogens is 242 g/mol. The number of rotatable bonds is 5. The summed E-state index contributed by atoms with van der Waals surface area (Å²) in [7, 11) is 0. The second kappa shape index (κ2) is 5.68. The molecule has 3 rings (SSSR count). The van der Waals surface area contributed by atoms with E-state index in [1.807, 2.05) is 16.8 Å². The fourth-order valence-electron chi connectivity index (χ4n) is 3.06. The first kappa shape index (κ1) is 12.6. The molecule has 0 amide bonds. The van der Waals surface area contributed by atoms with Crippen molar-refractivity contribution in [2.24, 2.45) is 11.7 Å². The molecule has 0 bridgehead atoms. The van der Waals surface area contributed by atoms with Crippen LogP contribution in [0.2, 0.25) is 0 Å². The SMILES string of the molecule is NCCC1CCCN(Cc2scnc2C2CC2)C1. The Morgan fingerprint density at radius 3 is 3.06 bits per heavy atom. The van der Waals surface area contributed by atoms with Gasteiger partial charge in [0.15, 0.2) is 0 Å². The van der Waals surface area contributed by atoms with E-state index in [0.29, 0.717) is 0 Å². The van der Waals surface area contributed by atoms with Crippen LogP contribution in [0, 0.1) is 5.92 Å². The van der Waals surface area contributed by atoms with Crippen LogP contribution in [0.5, 0.6) is 0 Å². The summed E-state index contributed by atoms with van der Waals surface area (Å²) in [6.07, 6.45) is 6.60. The molecule has 100 valence electrons. The molecular formula is C14H23N3S. The molecule has 1 unspecified atom stereocenters. The molecule has 4 heteroatoms. The fourth-order valence-corrected chi connectivity index (χ4v) is 3.95. The van der Waals surface area contributed by atoms with Crippen LogP contribution in [0.1, 0.15) is 48.6 Å². The molecule has 2 aliphatic rings. The molecule has 1 saturated heterocycles. The average Bonchev–Trinajstić information content (AvgIpc) is 3.12. The summed E-state index contributed by atoms with van der Waals surface area (Å²) in [5.41, 5.74) is 9.12. The highest BCUT2D eigenvalue weighted by molar-refractivity contribution is 7.09. The van der Waals surface area contributed by atoms with Crippen LogP contribution in [0.15, 0.2) is 5.51 Å². The van der Waals surface area contributed by atoms with Crippen LogP contribution in [0.25, 0.3) is 0 Å². The summed E-state index contributed by atoms with van der Waals surface area (Å²) >= 11 is 1.85. The normalized spacial score (nSPS) is 25.5. The highest BCUT2D eigenvalue weighted by Gasteiger charge is 2.29. The number of hydrogen-bond acceptors (Lipinski definition) is 4. The van der Waals surface area contributed by atoms with Crippen LogP contribution in [-0.2, 0) is 6.54 Å². The lowest BCUT2D eigenvalue weighted by molar-refractivity contribution is 0.164. The molecule has 3 nitrogen and oxygen atoms in total. The zero-order valence-electron chi connectivity index (χ0n) is 11.0. The van der Waals surface area contributed by atoms with Crippen molar-refractivity contribution in [2.45, 2.75) is 44.6 Å². The third-order valence-corrected chi connectivity index (χ3v) is 5.02. The van der Waals surface area contributed by atoms with Crippen LogP contribution < -0.4 is 5.73 Å². The minimum Gasteiger partial charge on any atom is -0.330 e. The number of nitrogens with two attached hydrogens (primary N) is 1. The lowest BCUT2D eigenvalue weighted by atomic mass is 9.95. The van der Waals surface area contributed by atoms with Crippen LogP contribution in [0.3, 0.4) is 0 Å². The Hall–Kier alpha value is -0.450. The summed E-state index contributed by atoms with van der Waals surface area (Å²) in [5.74, 6) is 1.61. The van der Waals surface area contributed by atoms with Gasteiger partial charge in [-0.2, -0.15) is 0 Å². The third kappa shape index (κ3) is 2.92. The van der Waals surface area contributed by atoms with E-state index >= 15 is 0 Å². The molecule has 18 heavy (non-hydrogen) atoms. The molecule has 1 saturated carbocycles. The van der Waals surface area contributed by atoms with Gasteiger partial charge in [-0.1, -0.05) is 0 Å². The van der Waals surface area contributed by atoms with E-state index in [4.69, 9.17) is 5.73 Å². The first-order valence-electron chi connectivity index (χ1n) is 7.21. The van der Waals surface area contributed by atoms with Crippen molar-refractivity contribution < 1.29 is 0 Å². The average molecular weight is 265 g/mol. The Morgan fingerprint density at radius 1 is 1.39 bits per heavy atom. The van der Waals surface area contributed by atoms with Gasteiger partial charge in [-0.25, -0.2) is 4.98 Å². The zero-order chi connectivity index (χ0) is 12.4. The molecule has 0 aromatic carbocycles. The molecule has 2 N–H and O–H groups in total. The Balaban J connectivity index is 1.59. The molecule has 0 radical (unpaired) electrons. The molecule has 2 heterocycles. The third-order valence-electron chi connectivity index (χ3n) is 4.18. The lowest BCUT2D eigenvalue weighted by Crippen LogP contribution is -2.35. The van der Waals surface area contributed by atoms with Gasteiger partial charge in [0, 0.05) is 23.9 Å². The van der Waals surface area contributed by atoms with Gasteiger partial charge in [-0.15, -0.1) is 11.3 Å². The summed E-state index contributed by atoms with van der Waals surface area (Å²) in [5, 5.41) is 0. The van der Waals surface area contributed by atoms with E-state index in [9.17, 15) is 0 Å². The van der Waals surface area contributed by atoms with Crippen molar-refractivity contribution in [3.8, 4) is 0 Å². The lowest BCUT2D eigenvalue weighted by Gasteiger charge is -2.32. The Bertz CT molecular complexity index is 384. The van der Waals surface area contributed by atoms with Crippen molar-refractivity contribution in [1.29, 1.82) is 0 Å². The molecule has 1 aliphatic heterocycles. The van der Waals surface area contributed by atoms with Crippen molar-refractivity contribution in [3.63, 3.8) is 0 Å². The number of hydrogen-bond donors (Lipinski definition) is 1. The molecule has 1 aliphatic carbocycles. The number of nitrogens with zero attached hydrogens (tertiary/aromatic N) is 2. The summed E-state index contributed by atoms with van der Waals surface area (Å²) < 4.78 is 0. The van der Waals surface area contributed by atoms with E-state index in [2.05, 4.69) is 9.88 Å². The summed E-state index contributed by atoms with van der Waals surface area (Å²) in [6.45, 7) is 4.45. The maximum Gasteiger partial charge on any atom is 0.0798 e. The van der Waals surface area contributed by atoms with Gasteiger partial charge in [0.2, 0.25) is 0 Å². The Labute approximate surface area is 113 Å². The highest BCUT2D eigenvalue weighted by Crippen LogP contribution is 2.42. The smallest absolute Gasteiger partial charge is 0.0798 e. The second-order valence-electron chi connectivity index (χ2n) is 5.76. The number of thiazole rings is 1. The molecule has 1 aromatic rings. The van der Waals surface area contributed by atoms with Crippen molar-refractivity contribution in [1.82, 2.24) is 9.88 Å². The number of likely N-dealkylation sites (tertiary alicyclic amines) is 1. The Kier molecular flexibility index (Phi) is 3.97. The first-order valence-corrected chi connectivity index (χ1v) is 8.09. The van der Waals surface area contributed by atoms with Gasteiger partial charge in [0.1, 0.15) is 0 Å². The van der Waals surface area contributed by atoms with Crippen molar-refractivity contribution in [2.75, 3.05) is 19.6 Å². The minimum atomic E-state index is 0.788. The number of aromatic nitrogens is 1. The summed E-state index contributed by atoms with van der Waals surface area (Å²) in [6, 6.07) is 0. The van der Waals surface area contributed by atoms with E-state index in [-0.39, 0.29) is 0 Å². The predicted octanol–water partition coefficient (Wildman–Crippen LogP) is 2.58. The maximum absolute atomic E-state index is 5.69. The van der Waals surface area contributed by atoms with Crippen molar-refractivity contribution >= 4 is 11.3 Å². The van der Waals surface area contributed by atoms with Crippen LogP contribution in [-0.4, -0.2) is 29.5 Å². The van der Waals surface area contributed by atoms with Gasteiger partial charge < -0.3 is 5.73 Å². The first-order chi connectivity index (χ1) is 8.86. The largest absolute Gasteiger partial charge is 0.330 e. The monoisotopic (exact) mass is 265 g/mol. The van der Waals surface area contributed by atoms with Crippen LogP contribution in [0.4, 0.5) is 0 Å². The highest BCUT2D eigenvalue weighted by atomic mass is 32.1. The van der Waals surface area contributed by atoms with E-state index in [0.717, 1.165) is 24.9 Å². The maximum atomic E-state index is 5.69. The van der Waals surface area contributed by atoms with Gasteiger partial charge in [0.05, 0.1) is 11.2 Å². The topological polar surface area (TPSA) is 42.1 Å².